The lowest BCUT2D eigenvalue weighted by Gasteiger charge is -2.14. The molecule has 0 amide bonds. The van der Waals surface area contributed by atoms with Gasteiger partial charge in [0.05, 0.1) is 46.8 Å². The lowest BCUT2D eigenvalue weighted by atomic mass is 10.3. The number of rotatable bonds is 11. The Labute approximate surface area is 221 Å². The molecule has 14 heteroatoms. The molecule has 0 saturated heterocycles. The van der Waals surface area contributed by atoms with Crippen LogP contribution in [0.25, 0.3) is 11.4 Å². The van der Waals surface area contributed by atoms with Gasteiger partial charge in [0.25, 0.3) is 0 Å². The van der Waals surface area contributed by atoms with Crippen molar-refractivity contribution in [1.29, 1.82) is 0 Å². The van der Waals surface area contributed by atoms with Crippen LogP contribution >= 0.6 is 21.6 Å². The predicted octanol–water partition coefficient (Wildman–Crippen LogP) is 2.60. The third kappa shape index (κ3) is 6.22. The third-order valence-corrected chi connectivity index (χ3v) is 7.16. The van der Waals surface area contributed by atoms with Crippen LogP contribution in [0.3, 0.4) is 0 Å². The SMILES string of the molecule is O=c1c(OCCO)c(SSc2cnn(-c3cccc(F)c3)c(=O)c2OCCO)cnn1-c1cccc(F)c1. The zero-order valence-corrected chi connectivity index (χ0v) is 21.1. The van der Waals surface area contributed by atoms with Gasteiger partial charge in [-0.15, -0.1) is 0 Å². The molecule has 4 aromatic rings. The number of ether oxygens (including phenoxy) is 2. The first-order chi connectivity index (χ1) is 18.4. The van der Waals surface area contributed by atoms with E-state index in [4.69, 9.17) is 9.47 Å². The van der Waals surface area contributed by atoms with E-state index in [1.54, 1.807) is 0 Å². The van der Waals surface area contributed by atoms with Gasteiger partial charge >= 0.3 is 11.1 Å². The second-order valence-corrected chi connectivity index (χ2v) is 9.59. The van der Waals surface area contributed by atoms with Gasteiger partial charge < -0.3 is 19.7 Å². The molecule has 0 radical (unpaired) electrons. The summed E-state index contributed by atoms with van der Waals surface area (Å²) in [5.74, 6) is -1.40. The molecule has 38 heavy (non-hydrogen) atoms. The Morgan fingerprint density at radius 1 is 0.737 bits per heavy atom. The fourth-order valence-corrected chi connectivity index (χ4v) is 5.25. The standard InChI is InChI=1S/C24H20F2N4O6S2/c25-15-3-1-5-17(11-15)29-23(33)21(35-9-7-31)19(13-27-29)37-38-20-14-28-30(18-6-2-4-16(26)12-18)24(34)22(20)36-10-8-32/h1-6,11-14,31-32H,7-10H2. The minimum absolute atomic E-state index is 0.144. The van der Waals surface area contributed by atoms with Crippen LogP contribution in [0.4, 0.5) is 8.78 Å². The highest BCUT2D eigenvalue weighted by Crippen LogP contribution is 2.42. The van der Waals surface area contributed by atoms with Crippen molar-refractivity contribution in [2.24, 2.45) is 0 Å². The van der Waals surface area contributed by atoms with E-state index in [1.807, 2.05) is 0 Å². The van der Waals surface area contributed by atoms with Crippen LogP contribution in [0.15, 0.2) is 80.3 Å². The Kier molecular flexibility index (Phi) is 9.12. The summed E-state index contributed by atoms with van der Waals surface area (Å²) < 4.78 is 40.3. The van der Waals surface area contributed by atoms with Gasteiger partial charge in [0.2, 0.25) is 11.5 Å². The molecule has 0 saturated carbocycles. The highest BCUT2D eigenvalue weighted by Gasteiger charge is 2.19. The molecule has 0 atom stereocenters. The largest absolute Gasteiger partial charge is 0.484 e. The van der Waals surface area contributed by atoms with E-state index in [2.05, 4.69) is 10.2 Å². The summed E-state index contributed by atoms with van der Waals surface area (Å²) >= 11 is 0. The summed E-state index contributed by atoms with van der Waals surface area (Å²) in [4.78, 5) is 26.7. The van der Waals surface area contributed by atoms with E-state index >= 15 is 0 Å². The summed E-state index contributed by atoms with van der Waals surface area (Å²) in [7, 11) is 2.00. The average Bonchev–Trinajstić information content (AvgIpc) is 2.91. The first-order valence-electron chi connectivity index (χ1n) is 11.0. The van der Waals surface area contributed by atoms with Crippen molar-refractivity contribution in [1.82, 2.24) is 19.6 Å². The summed E-state index contributed by atoms with van der Waals surface area (Å²) in [6, 6.07) is 10.6. The third-order valence-electron chi connectivity index (χ3n) is 4.80. The predicted molar refractivity (Wildman–Crippen MR) is 136 cm³/mol. The highest BCUT2D eigenvalue weighted by atomic mass is 33.1. The maximum Gasteiger partial charge on any atom is 0.315 e. The number of aliphatic hydroxyl groups excluding tert-OH is 2. The van der Waals surface area contributed by atoms with Crippen LogP contribution in [0.5, 0.6) is 11.5 Å². The van der Waals surface area contributed by atoms with Crippen LogP contribution in [-0.2, 0) is 0 Å². The van der Waals surface area contributed by atoms with Gasteiger partial charge in [0.15, 0.2) is 0 Å². The second-order valence-electron chi connectivity index (χ2n) is 7.38. The van der Waals surface area contributed by atoms with Gasteiger partial charge in [-0.05, 0) is 58.0 Å². The normalized spacial score (nSPS) is 10.9. The highest BCUT2D eigenvalue weighted by molar-refractivity contribution is 8.76. The van der Waals surface area contributed by atoms with E-state index in [9.17, 15) is 28.6 Å². The molecule has 0 spiro atoms. The van der Waals surface area contributed by atoms with Gasteiger partial charge in [-0.2, -0.15) is 19.6 Å². The zero-order valence-electron chi connectivity index (χ0n) is 19.5. The number of halogens is 2. The molecule has 0 aliphatic rings. The van der Waals surface area contributed by atoms with Crippen molar-refractivity contribution in [2.75, 3.05) is 26.4 Å². The van der Waals surface area contributed by atoms with Gasteiger partial charge in [-0.3, -0.25) is 9.59 Å². The number of hydrogen-bond acceptors (Lipinski definition) is 10. The first-order valence-corrected chi connectivity index (χ1v) is 13.2. The van der Waals surface area contributed by atoms with E-state index < -0.39 is 22.8 Å². The molecule has 0 aliphatic carbocycles. The van der Waals surface area contributed by atoms with Crippen molar-refractivity contribution in [3.8, 4) is 22.9 Å². The van der Waals surface area contributed by atoms with Gasteiger partial charge in [0.1, 0.15) is 24.8 Å². The monoisotopic (exact) mass is 562 g/mol. The molecular weight excluding hydrogens is 542 g/mol. The van der Waals surface area contributed by atoms with Crippen LogP contribution in [0.1, 0.15) is 0 Å². The molecule has 0 aliphatic heterocycles. The average molecular weight is 563 g/mol. The molecule has 0 bridgehead atoms. The smallest absolute Gasteiger partial charge is 0.315 e. The Balaban J connectivity index is 1.69. The number of benzene rings is 2. The summed E-state index contributed by atoms with van der Waals surface area (Å²) in [6.07, 6.45) is 2.65. The minimum atomic E-state index is -0.689. The molecule has 0 fully saturated rings. The molecule has 2 aromatic carbocycles. The van der Waals surface area contributed by atoms with E-state index in [0.717, 1.165) is 43.1 Å². The van der Waals surface area contributed by atoms with E-state index in [0.29, 0.717) is 0 Å². The molecule has 4 rings (SSSR count). The maximum absolute atomic E-state index is 13.7. The van der Waals surface area contributed by atoms with Crippen LogP contribution in [0, 0.1) is 11.6 Å². The quantitative estimate of drug-likeness (QED) is 0.263. The Bertz CT molecular complexity index is 1430. The first kappa shape index (κ1) is 27.3. The summed E-state index contributed by atoms with van der Waals surface area (Å²) in [5, 5.41) is 26.6. The van der Waals surface area contributed by atoms with Crippen molar-refractivity contribution in [3.05, 3.63) is 93.3 Å². The fraction of sp³-hybridized carbons (Fsp3) is 0.167. The topological polar surface area (TPSA) is 129 Å². The van der Waals surface area contributed by atoms with Gasteiger partial charge in [0, 0.05) is 0 Å². The fourth-order valence-electron chi connectivity index (χ4n) is 3.20. The van der Waals surface area contributed by atoms with Crippen molar-refractivity contribution < 1.29 is 28.5 Å². The molecule has 10 nitrogen and oxygen atoms in total. The summed E-state index contributed by atoms with van der Waals surface area (Å²) in [6.45, 7) is -1.09. The van der Waals surface area contributed by atoms with E-state index in [-0.39, 0.29) is 59.1 Å². The lowest BCUT2D eigenvalue weighted by Crippen LogP contribution is -2.24. The van der Waals surface area contributed by atoms with Crippen LogP contribution < -0.4 is 20.6 Å². The number of hydrogen-bond donors (Lipinski definition) is 2. The van der Waals surface area contributed by atoms with Crippen molar-refractivity contribution in [3.63, 3.8) is 0 Å². The molecule has 0 unspecified atom stereocenters. The Morgan fingerprint density at radius 3 is 1.53 bits per heavy atom. The molecule has 198 valence electrons. The minimum Gasteiger partial charge on any atom is -0.484 e. The summed E-state index contributed by atoms with van der Waals surface area (Å²) in [5.41, 5.74) is -1.02. The van der Waals surface area contributed by atoms with Gasteiger partial charge in [-0.1, -0.05) is 12.1 Å². The molecule has 2 heterocycles. The Hall–Kier alpha value is -3.72. The van der Waals surface area contributed by atoms with Crippen LogP contribution in [-0.4, -0.2) is 56.2 Å². The van der Waals surface area contributed by atoms with E-state index in [1.165, 1.54) is 48.8 Å². The van der Waals surface area contributed by atoms with Crippen molar-refractivity contribution >= 4 is 21.6 Å². The number of nitrogens with zero attached hydrogens (tertiary/aromatic N) is 4. The maximum atomic E-state index is 13.7. The zero-order chi connectivity index (χ0) is 27.1. The second kappa shape index (κ2) is 12.7. The van der Waals surface area contributed by atoms with Gasteiger partial charge in [-0.25, -0.2) is 8.78 Å². The molecule has 2 aromatic heterocycles. The Morgan fingerprint density at radius 2 is 1.16 bits per heavy atom. The molecule has 2 N–H and O–H groups in total. The lowest BCUT2D eigenvalue weighted by molar-refractivity contribution is 0.196. The van der Waals surface area contributed by atoms with Crippen LogP contribution in [0.2, 0.25) is 0 Å². The van der Waals surface area contributed by atoms with Crippen molar-refractivity contribution in [2.45, 2.75) is 9.79 Å². The molecular formula is C24H20F2N4O6S2. The number of aromatic nitrogens is 4. The number of aliphatic hydroxyl groups is 2.